The van der Waals surface area contributed by atoms with Crippen LogP contribution in [0.3, 0.4) is 0 Å². The molecule has 0 saturated carbocycles. The van der Waals surface area contributed by atoms with E-state index in [4.69, 9.17) is 14.2 Å². The van der Waals surface area contributed by atoms with Gasteiger partial charge in [0.05, 0.1) is 21.3 Å². The molecule has 0 aliphatic heterocycles. The maximum Gasteiger partial charge on any atom is 0.203 e. The quantitative estimate of drug-likeness (QED) is 0.522. The van der Waals surface area contributed by atoms with Crippen LogP contribution in [-0.4, -0.2) is 21.3 Å². The van der Waals surface area contributed by atoms with Gasteiger partial charge in [-0.05, 0) is 30.4 Å². The summed E-state index contributed by atoms with van der Waals surface area (Å²) in [5.74, 6) is 3.09. The standard InChI is InChI=1S/C19H32O3/c1-6-15(2)11-9-7-8-10-12-16-13-14-17(20-3)19(22-5)18(16)21-4/h13-15H,6-12H2,1-5H3. The van der Waals surface area contributed by atoms with Gasteiger partial charge in [-0.15, -0.1) is 0 Å². The number of hydrogen-bond donors (Lipinski definition) is 0. The Bertz CT molecular complexity index is 429. The lowest BCUT2D eigenvalue weighted by Gasteiger charge is -2.15. The highest BCUT2D eigenvalue weighted by Gasteiger charge is 2.15. The molecule has 0 N–H and O–H groups in total. The van der Waals surface area contributed by atoms with Crippen molar-refractivity contribution in [1.29, 1.82) is 0 Å². The number of benzene rings is 1. The molecule has 0 aliphatic carbocycles. The van der Waals surface area contributed by atoms with E-state index in [2.05, 4.69) is 19.9 Å². The molecule has 1 atom stereocenters. The fourth-order valence-corrected chi connectivity index (χ4v) is 2.73. The fraction of sp³-hybridized carbons (Fsp3) is 0.684. The van der Waals surface area contributed by atoms with Crippen LogP contribution in [0.5, 0.6) is 17.2 Å². The maximum absolute atomic E-state index is 5.53. The Morgan fingerprint density at radius 3 is 2.14 bits per heavy atom. The van der Waals surface area contributed by atoms with Crippen LogP contribution in [0.15, 0.2) is 12.1 Å². The Kier molecular flexibility index (Phi) is 8.79. The molecule has 0 heterocycles. The Morgan fingerprint density at radius 2 is 1.55 bits per heavy atom. The summed E-state index contributed by atoms with van der Waals surface area (Å²) in [7, 11) is 4.99. The molecular formula is C19H32O3. The Balaban J connectivity index is 2.49. The second-order valence-electron chi connectivity index (χ2n) is 5.96. The molecule has 1 unspecified atom stereocenters. The van der Waals surface area contributed by atoms with Crippen molar-refractivity contribution in [1.82, 2.24) is 0 Å². The van der Waals surface area contributed by atoms with Crippen molar-refractivity contribution in [2.24, 2.45) is 5.92 Å². The molecule has 1 aromatic rings. The summed E-state index contributed by atoms with van der Waals surface area (Å²) in [6, 6.07) is 4.04. The summed E-state index contributed by atoms with van der Waals surface area (Å²) in [6.45, 7) is 4.61. The second-order valence-corrected chi connectivity index (χ2v) is 5.96. The van der Waals surface area contributed by atoms with Crippen LogP contribution >= 0.6 is 0 Å². The predicted octanol–water partition coefficient (Wildman–Crippen LogP) is 5.25. The molecular weight excluding hydrogens is 276 g/mol. The Hall–Kier alpha value is -1.38. The van der Waals surface area contributed by atoms with Crippen molar-refractivity contribution in [3.8, 4) is 17.2 Å². The highest BCUT2D eigenvalue weighted by molar-refractivity contribution is 5.55. The number of ether oxygens (including phenoxy) is 3. The molecule has 126 valence electrons. The van der Waals surface area contributed by atoms with Crippen molar-refractivity contribution in [2.75, 3.05) is 21.3 Å². The molecule has 0 fully saturated rings. The minimum atomic E-state index is 0.694. The second kappa shape index (κ2) is 10.4. The lowest BCUT2D eigenvalue weighted by Crippen LogP contribution is -1.99. The van der Waals surface area contributed by atoms with Crippen LogP contribution < -0.4 is 14.2 Å². The smallest absolute Gasteiger partial charge is 0.203 e. The Morgan fingerprint density at radius 1 is 0.864 bits per heavy atom. The van der Waals surface area contributed by atoms with Crippen molar-refractivity contribution in [2.45, 2.75) is 58.8 Å². The van der Waals surface area contributed by atoms with Gasteiger partial charge in [0.15, 0.2) is 11.5 Å². The molecule has 0 saturated heterocycles. The average molecular weight is 308 g/mol. The first-order valence-corrected chi connectivity index (χ1v) is 8.45. The summed E-state index contributed by atoms with van der Waals surface area (Å²) >= 11 is 0. The van der Waals surface area contributed by atoms with Crippen molar-refractivity contribution in [3.63, 3.8) is 0 Å². The van der Waals surface area contributed by atoms with Crippen LogP contribution in [0, 0.1) is 5.92 Å². The number of aryl methyl sites for hydroxylation is 1. The van der Waals surface area contributed by atoms with Gasteiger partial charge in [-0.2, -0.15) is 0 Å². The monoisotopic (exact) mass is 308 g/mol. The summed E-state index contributed by atoms with van der Waals surface area (Å²) in [4.78, 5) is 0. The lowest BCUT2D eigenvalue weighted by molar-refractivity contribution is 0.322. The van der Waals surface area contributed by atoms with Gasteiger partial charge in [0.1, 0.15) is 0 Å². The molecule has 0 amide bonds. The summed E-state index contributed by atoms with van der Waals surface area (Å²) in [5.41, 5.74) is 1.20. The van der Waals surface area contributed by atoms with Gasteiger partial charge in [-0.25, -0.2) is 0 Å². The molecule has 22 heavy (non-hydrogen) atoms. The van der Waals surface area contributed by atoms with Gasteiger partial charge in [-0.3, -0.25) is 0 Å². The van der Waals surface area contributed by atoms with E-state index in [9.17, 15) is 0 Å². The zero-order chi connectivity index (χ0) is 16.4. The average Bonchev–Trinajstić information content (AvgIpc) is 2.56. The van der Waals surface area contributed by atoms with E-state index in [-0.39, 0.29) is 0 Å². The van der Waals surface area contributed by atoms with Crippen LogP contribution in [0.4, 0.5) is 0 Å². The zero-order valence-corrected chi connectivity index (χ0v) is 14.9. The fourth-order valence-electron chi connectivity index (χ4n) is 2.73. The molecule has 0 radical (unpaired) electrons. The van der Waals surface area contributed by atoms with Crippen LogP contribution in [0.1, 0.15) is 57.9 Å². The van der Waals surface area contributed by atoms with Gasteiger partial charge in [0, 0.05) is 0 Å². The van der Waals surface area contributed by atoms with Crippen molar-refractivity contribution < 1.29 is 14.2 Å². The normalized spacial score (nSPS) is 12.0. The van der Waals surface area contributed by atoms with E-state index < -0.39 is 0 Å². The summed E-state index contributed by atoms with van der Waals surface area (Å²) < 4.78 is 16.3. The van der Waals surface area contributed by atoms with Crippen LogP contribution in [-0.2, 0) is 6.42 Å². The van der Waals surface area contributed by atoms with E-state index >= 15 is 0 Å². The molecule has 0 aromatic heterocycles. The first kappa shape index (κ1) is 18.7. The molecule has 1 aromatic carbocycles. The van der Waals surface area contributed by atoms with Crippen molar-refractivity contribution >= 4 is 0 Å². The van der Waals surface area contributed by atoms with E-state index in [0.717, 1.165) is 23.8 Å². The number of methoxy groups -OCH3 is 3. The topological polar surface area (TPSA) is 27.7 Å². The third-order valence-corrected chi connectivity index (χ3v) is 4.38. The largest absolute Gasteiger partial charge is 0.493 e. The molecule has 1 rings (SSSR count). The zero-order valence-electron chi connectivity index (χ0n) is 14.9. The van der Waals surface area contributed by atoms with Gasteiger partial charge in [-0.1, -0.05) is 52.0 Å². The molecule has 0 spiro atoms. The van der Waals surface area contributed by atoms with E-state index in [0.29, 0.717) is 5.75 Å². The van der Waals surface area contributed by atoms with Gasteiger partial charge in [0.2, 0.25) is 5.75 Å². The molecule has 0 bridgehead atoms. The maximum atomic E-state index is 5.53. The van der Waals surface area contributed by atoms with E-state index in [1.54, 1.807) is 21.3 Å². The Labute approximate surface area is 136 Å². The predicted molar refractivity (Wildman–Crippen MR) is 92.3 cm³/mol. The van der Waals surface area contributed by atoms with Gasteiger partial charge in [0.25, 0.3) is 0 Å². The number of hydrogen-bond acceptors (Lipinski definition) is 3. The number of rotatable bonds is 11. The third kappa shape index (κ3) is 5.43. The number of unbranched alkanes of at least 4 members (excludes halogenated alkanes) is 3. The first-order chi connectivity index (χ1) is 10.7. The summed E-state index contributed by atoms with van der Waals surface area (Å²) in [5, 5.41) is 0. The molecule has 3 heteroatoms. The minimum absolute atomic E-state index is 0.694. The van der Waals surface area contributed by atoms with Crippen LogP contribution in [0.25, 0.3) is 0 Å². The highest BCUT2D eigenvalue weighted by Crippen LogP contribution is 2.40. The third-order valence-electron chi connectivity index (χ3n) is 4.38. The van der Waals surface area contributed by atoms with Gasteiger partial charge < -0.3 is 14.2 Å². The van der Waals surface area contributed by atoms with Crippen molar-refractivity contribution in [3.05, 3.63) is 17.7 Å². The molecule has 3 nitrogen and oxygen atoms in total. The SMILES string of the molecule is CCC(C)CCCCCCc1ccc(OC)c(OC)c1OC. The van der Waals surface area contributed by atoms with Gasteiger partial charge >= 0.3 is 0 Å². The minimum Gasteiger partial charge on any atom is -0.493 e. The van der Waals surface area contributed by atoms with E-state index in [1.807, 2.05) is 6.07 Å². The summed E-state index contributed by atoms with van der Waals surface area (Å²) in [6.07, 6.45) is 8.80. The molecule has 0 aliphatic rings. The van der Waals surface area contributed by atoms with Crippen LogP contribution in [0.2, 0.25) is 0 Å². The highest BCUT2D eigenvalue weighted by atomic mass is 16.5. The first-order valence-electron chi connectivity index (χ1n) is 8.45. The van der Waals surface area contributed by atoms with E-state index in [1.165, 1.54) is 44.1 Å². The lowest BCUT2D eigenvalue weighted by atomic mass is 9.99.